The van der Waals surface area contributed by atoms with Crippen molar-refractivity contribution in [3.63, 3.8) is 0 Å². The van der Waals surface area contributed by atoms with E-state index in [4.69, 9.17) is 14.0 Å². The fourth-order valence-electron chi connectivity index (χ4n) is 2.09. The molecule has 0 atom stereocenters. The van der Waals surface area contributed by atoms with Crippen LogP contribution in [0.15, 0.2) is 28.8 Å². The Bertz CT molecular complexity index is 824. The number of carbonyl (C=O) groups excluding carboxylic acids is 1. The second kappa shape index (κ2) is 7.88. The second-order valence-corrected chi connectivity index (χ2v) is 6.88. The van der Waals surface area contributed by atoms with E-state index in [0.29, 0.717) is 17.3 Å². The maximum atomic E-state index is 12.3. The van der Waals surface area contributed by atoms with Crippen LogP contribution >= 0.6 is 0 Å². The molecule has 9 nitrogen and oxygen atoms in total. The molecule has 0 saturated carbocycles. The van der Waals surface area contributed by atoms with Crippen LogP contribution in [0.5, 0.6) is 11.5 Å². The Morgan fingerprint density at radius 1 is 1.24 bits per heavy atom. The highest BCUT2D eigenvalue weighted by Crippen LogP contribution is 2.27. The van der Waals surface area contributed by atoms with Crippen LogP contribution in [0.2, 0.25) is 0 Å². The van der Waals surface area contributed by atoms with Crippen molar-refractivity contribution in [3.05, 3.63) is 35.6 Å². The molecule has 2 rings (SSSR count). The van der Waals surface area contributed by atoms with Gasteiger partial charge in [0.1, 0.15) is 22.8 Å². The SMILES string of the molecule is COc1cccc(OC)c1C(=O)NCCS(=O)(=O)Nc1cc(C)on1. The summed E-state index contributed by atoms with van der Waals surface area (Å²) in [5, 5.41) is 6.08. The van der Waals surface area contributed by atoms with Crippen molar-refractivity contribution in [3.8, 4) is 11.5 Å². The third-order valence-corrected chi connectivity index (χ3v) is 4.46. The number of benzene rings is 1. The highest BCUT2D eigenvalue weighted by molar-refractivity contribution is 7.92. The molecule has 0 saturated heterocycles. The summed E-state index contributed by atoms with van der Waals surface area (Å²) in [4.78, 5) is 12.3. The van der Waals surface area contributed by atoms with Crippen molar-refractivity contribution in [1.29, 1.82) is 0 Å². The third-order valence-electron chi connectivity index (χ3n) is 3.20. The lowest BCUT2D eigenvalue weighted by atomic mass is 10.1. The van der Waals surface area contributed by atoms with Crippen LogP contribution in [0.4, 0.5) is 5.82 Å². The van der Waals surface area contributed by atoms with Crippen LogP contribution < -0.4 is 19.5 Å². The number of hydrogen-bond donors (Lipinski definition) is 2. The van der Waals surface area contributed by atoms with Crippen LogP contribution in [0.25, 0.3) is 0 Å². The van der Waals surface area contributed by atoms with Gasteiger partial charge in [0.05, 0.1) is 20.0 Å². The number of hydrogen-bond acceptors (Lipinski definition) is 7. The van der Waals surface area contributed by atoms with Gasteiger partial charge in [-0.25, -0.2) is 8.42 Å². The molecule has 1 amide bonds. The highest BCUT2D eigenvalue weighted by Gasteiger charge is 2.19. The molecule has 0 aliphatic rings. The summed E-state index contributed by atoms with van der Waals surface area (Å²) in [6.45, 7) is 1.54. The van der Waals surface area contributed by atoms with E-state index in [9.17, 15) is 13.2 Å². The molecule has 0 bridgehead atoms. The van der Waals surface area contributed by atoms with Gasteiger partial charge in [0.25, 0.3) is 5.91 Å². The maximum absolute atomic E-state index is 12.3. The molecule has 1 aromatic carbocycles. The summed E-state index contributed by atoms with van der Waals surface area (Å²) < 4.78 is 41.3. The monoisotopic (exact) mass is 369 g/mol. The average molecular weight is 369 g/mol. The summed E-state index contributed by atoms with van der Waals surface area (Å²) in [6.07, 6.45) is 0. The summed E-state index contributed by atoms with van der Waals surface area (Å²) in [5.74, 6) is 0.403. The van der Waals surface area contributed by atoms with Crippen molar-refractivity contribution in [1.82, 2.24) is 10.5 Å². The van der Waals surface area contributed by atoms with Crippen LogP contribution in [-0.4, -0.2) is 46.0 Å². The van der Waals surface area contributed by atoms with Crippen LogP contribution in [0.1, 0.15) is 16.1 Å². The molecule has 0 aliphatic heterocycles. The Morgan fingerprint density at radius 2 is 1.88 bits per heavy atom. The van der Waals surface area contributed by atoms with Crippen LogP contribution in [0.3, 0.4) is 0 Å². The van der Waals surface area contributed by atoms with E-state index in [1.165, 1.54) is 20.3 Å². The quantitative estimate of drug-likeness (QED) is 0.717. The van der Waals surface area contributed by atoms with Gasteiger partial charge in [0.2, 0.25) is 10.0 Å². The van der Waals surface area contributed by atoms with E-state index < -0.39 is 15.9 Å². The summed E-state index contributed by atoms with van der Waals surface area (Å²) in [5.41, 5.74) is 0.199. The molecular formula is C15H19N3O6S. The smallest absolute Gasteiger partial charge is 0.258 e. The van der Waals surface area contributed by atoms with Crippen LogP contribution in [-0.2, 0) is 10.0 Å². The number of carbonyl (C=O) groups is 1. The van der Waals surface area contributed by atoms with Gasteiger partial charge in [-0.2, -0.15) is 0 Å². The molecule has 25 heavy (non-hydrogen) atoms. The maximum Gasteiger partial charge on any atom is 0.258 e. The Morgan fingerprint density at radius 3 is 2.40 bits per heavy atom. The van der Waals surface area contributed by atoms with Gasteiger partial charge < -0.3 is 19.3 Å². The zero-order valence-electron chi connectivity index (χ0n) is 14.0. The van der Waals surface area contributed by atoms with Gasteiger partial charge in [0.15, 0.2) is 5.82 Å². The van der Waals surface area contributed by atoms with Crippen molar-refractivity contribution in [2.45, 2.75) is 6.92 Å². The number of amides is 1. The zero-order chi connectivity index (χ0) is 18.4. The first-order chi connectivity index (χ1) is 11.9. The summed E-state index contributed by atoms with van der Waals surface area (Å²) >= 11 is 0. The van der Waals surface area contributed by atoms with Gasteiger partial charge in [-0.15, -0.1) is 0 Å². The second-order valence-electron chi connectivity index (χ2n) is 5.04. The molecular weight excluding hydrogens is 350 g/mol. The molecule has 1 aromatic heterocycles. The van der Waals surface area contributed by atoms with Gasteiger partial charge in [-0.05, 0) is 19.1 Å². The Hall–Kier alpha value is -2.75. The van der Waals surface area contributed by atoms with E-state index in [-0.39, 0.29) is 23.7 Å². The normalized spacial score (nSPS) is 11.0. The largest absolute Gasteiger partial charge is 0.496 e. The van der Waals surface area contributed by atoms with Gasteiger partial charge >= 0.3 is 0 Å². The third kappa shape index (κ3) is 4.86. The first-order valence-corrected chi connectivity index (χ1v) is 8.94. The minimum Gasteiger partial charge on any atom is -0.496 e. The van der Waals surface area contributed by atoms with E-state index in [1.807, 2.05) is 0 Å². The first-order valence-electron chi connectivity index (χ1n) is 7.29. The number of aryl methyl sites for hydroxylation is 1. The van der Waals surface area contributed by atoms with E-state index in [1.54, 1.807) is 25.1 Å². The zero-order valence-corrected chi connectivity index (χ0v) is 14.8. The Balaban J connectivity index is 1.98. The number of ether oxygens (including phenoxy) is 2. The molecule has 0 aliphatic carbocycles. The Kier molecular flexibility index (Phi) is 5.86. The van der Waals surface area contributed by atoms with Crippen molar-refractivity contribution < 1.29 is 27.2 Å². The van der Waals surface area contributed by atoms with Crippen molar-refractivity contribution in [2.24, 2.45) is 0 Å². The topological polar surface area (TPSA) is 120 Å². The molecule has 0 spiro atoms. The number of sulfonamides is 1. The molecule has 2 N–H and O–H groups in total. The van der Waals surface area contributed by atoms with Gasteiger partial charge in [-0.1, -0.05) is 11.2 Å². The number of nitrogens with one attached hydrogen (secondary N) is 2. The lowest BCUT2D eigenvalue weighted by Crippen LogP contribution is -2.31. The molecule has 0 radical (unpaired) electrons. The average Bonchev–Trinajstić information content (AvgIpc) is 2.97. The predicted molar refractivity (Wildman–Crippen MR) is 90.5 cm³/mol. The highest BCUT2D eigenvalue weighted by atomic mass is 32.2. The Labute approximate surface area is 145 Å². The predicted octanol–water partition coefficient (Wildman–Crippen LogP) is 1.17. The number of anilines is 1. The lowest BCUT2D eigenvalue weighted by Gasteiger charge is -2.13. The van der Waals surface area contributed by atoms with Crippen molar-refractivity contribution in [2.75, 3.05) is 31.2 Å². The fourth-order valence-corrected chi connectivity index (χ4v) is 2.97. The number of nitrogens with zero attached hydrogens (tertiary/aromatic N) is 1. The van der Waals surface area contributed by atoms with Crippen LogP contribution in [0, 0.1) is 6.92 Å². The number of aromatic nitrogens is 1. The molecule has 136 valence electrons. The van der Waals surface area contributed by atoms with Gasteiger partial charge in [-0.3, -0.25) is 9.52 Å². The fraction of sp³-hybridized carbons (Fsp3) is 0.333. The molecule has 0 fully saturated rings. The van der Waals surface area contributed by atoms with E-state index in [0.717, 1.165) is 0 Å². The molecule has 2 aromatic rings. The van der Waals surface area contributed by atoms with Gasteiger partial charge in [0, 0.05) is 12.6 Å². The lowest BCUT2D eigenvalue weighted by molar-refractivity contribution is 0.0950. The number of rotatable bonds is 8. The number of methoxy groups -OCH3 is 2. The standard InChI is InChI=1S/C15H19N3O6S/c1-10-9-13(17-24-10)18-25(20,21)8-7-16-15(19)14-11(22-2)5-4-6-12(14)23-3/h4-6,9H,7-8H2,1-3H3,(H,16,19)(H,17,18). The van der Waals surface area contributed by atoms with Crippen molar-refractivity contribution >= 4 is 21.7 Å². The minimum absolute atomic E-state index is 0.0928. The molecule has 1 heterocycles. The molecule has 10 heteroatoms. The van der Waals surface area contributed by atoms with E-state index in [2.05, 4.69) is 15.2 Å². The minimum atomic E-state index is -3.68. The first kappa shape index (κ1) is 18.6. The molecule has 0 unspecified atom stereocenters. The summed E-state index contributed by atoms with van der Waals surface area (Å²) in [7, 11) is -0.819. The summed E-state index contributed by atoms with van der Waals surface area (Å²) in [6, 6.07) is 6.36. The van der Waals surface area contributed by atoms with E-state index >= 15 is 0 Å².